The van der Waals surface area contributed by atoms with Crippen LogP contribution in [0.25, 0.3) is 0 Å². The molecule has 0 saturated heterocycles. The van der Waals surface area contributed by atoms with Crippen molar-refractivity contribution in [1.82, 2.24) is 0 Å². The molecular formula is C20H28O4. The summed E-state index contributed by atoms with van der Waals surface area (Å²) >= 11 is 0. The lowest BCUT2D eigenvalue weighted by Gasteiger charge is -2.29. The Bertz CT molecular complexity index is 563. The Hall–Kier alpha value is -1.52. The molecule has 1 fully saturated rings. The minimum Gasteiger partial charge on any atom is -0.359 e. The molecule has 0 atom stereocenters. The highest BCUT2D eigenvalue weighted by Gasteiger charge is 2.38. The highest BCUT2D eigenvalue weighted by Crippen LogP contribution is 2.35. The maximum Gasteiger partial charge on any atom is 0.148 e. The molecule has 24 heavy (non-hydrogen) atoms. The quantitative estimate of drug-likeness (QED) is 0.436. The van der Waals surface area contributed by atoms with Crippen LogP contribution in [0.5, 0.6) is 0 Å². The van der Waals surface area contributed by atoms with E-state index in [1.807, 2.05) is 0 Å². The molecule has 0 radical (unpaired) electrons. The average molecular weight is 332 g/mol. The van der Waals surface area contributed by atoms with E-state index in [4.69, 9.17) is 9.47 Å². The molecule has 0 spiro atoms. The van der Waals surface area contributed by atoms with Crippen LogP contribution in [0.4, 0.5) is 0 Å². The van der Waals surface area contributed by atoms with E-state index in [2.05, 4.69) is 32.9 Å². The number of aryl methyl sites for hydroxylation is 3. The van der Waals surface area contributed by atoms with Crippen LogP contribution in [0.2, 0.25) is 0 Å². The zero-order valence-corrected chi connectivity index (χ0v) is 15.2. The summed E-state index contributed by atoms with van der Waals surface area (Å²) in [7, 11) is 1.56. The standard InChI is InChI=1S/C20H28O4/c1-5-15-7-13(3)8-16(6-2)19(15)20-17(21)9-14(10-18(20)22)11-24-12-23-4/h7-8,14,20H,5-6,9-12H2,1-4H3. The smallest absolute Gasteiger partial charge is 0.148 e. The van der Waals surface area contributed by atoms with Crippen LogP contribution in [-0.2, 0) is 31.9 Å². The van der Waals surface area contributed by atoms with Gasteiger partial charge in [0.2, 0.25) is 0 Å². The zero-order chi connectivity index (χ0) is 17.7. The predicted octanol–water partition coefficient (Wildman–Crippen LogP) is 3.37. The summed E-state index contributed by atoms with van der Waals surface area (Å²) in [5.74, 6) is -0.554. The van der Waals surface area contributed by atoms with Gasteiger partial charge in [-0.25, -0.2) is 0 Å². The lowest BCUT2D eigenvalue weighted by molar-refractivity contribution is -0.135. The first-order valence-electron chi connectivity index (χ1n) is 8.76. The molecule has 0 heterocycles. The Morgan fingerprint density at radius 2 is 1.58 bits per heavy atom. The van der Waals surface area contributed by atoms with Gasteiger partial charge in [-0.15, -0.1) is 0 Å². The Morgan fingerprint density at radius 3 is 2.04 bits per heavy atom. The predicted molar refractivity (Wildman–Crippen MR) is 93.2 cm³/mol. The molecular weight excluding hydrogens is 304 g/mol. The van der Waals surface area contributed by atoms with E-state index >= 15 is 0 Å². The summed E-state index contributed by atoms with van der Waals surface area (Å²) in [6.07, 6.45) is 2.48. The second-order valence-corrected chi connectivity index (χ2v) is 6.62. The summed E-state index contributed by atoms with van der Waals surface area (Å²) in [4.78, 5) is 25.5. The minimum absolute atomic E-state index is 0.0306. The van der Waals surface area contributed by atoms with Crippen LogP contribution in [0, 0.1) is 12.8 Å². The SMILES string of the molecule is CCc1cc(C)cc(CC)c1C1C(=O)CC(COCOC)CC1=O. The number of rotatable bonds is 7. The van der Waals surface area contributed by atoms with Crippen molar-refractivity contribution in [1.29, 1.82) is 0 Å². The van der Waals surface area contributed by atoms with Crippen LogP contribution in [0.15, 0.2) is 12.1 Å². The second-order valence-electron chi connectivity index (χ2n) is 6.62. The Labute approximate surface area is 144 Å². The van der Waals surface area contributed by atoms with Gasteiger partial charge in [0.05, 0.1) is 6.61 Å². The number of ketones is 2. The van der Waals surface area contributed by atoms with Crippen LogP contribution >= 0.6 is 0 Å². The minimum atomic E-state index is -0.589. The van der Waals surface area contributed by atoms with Gasteiger partial charge in [-0.2, -0.15) is 0 Å². The third-order valence-electron chi connectivity index (χ3n) is 4.72. The van der Waals surface area contributed by atoms with Crippen molar-refractivity contribution in [3.8, 4) is 0 Å². The highest BCUT2D eigenvalue weighted by atomic mass is 16.7. The van der Waals surface area contributed by atoms with E-state index in [0.29, 0.717) is 19.4 Å². The van der Waals surface area contributed by atoms with Crippen molar-refractivity contribution < 1.29 is 19.1 Å². The molecule has 1 aromatic rings. The first kappa shape index (κ1) is 18.8. The summed E-state index contributed by atoms with van der Waals surface area (Å²) in [6, 6.07) is 4.23. The van der Waals surface area contributed by atoms with Gasteiger partial charge in [-0.3, -0.25) is 9.59 Å². The van der Waals surface area contributed by atoms with Gasteiger partial charge < -0.3 is 9.47 Å². The van der Waals surface area contributed by atoms with E-state index in [9.17, 15) is 9.59 Å². The first-order chi connectivity index (χ1) is 11.5. The molecule has 0 amide bonds. The fraction of sp³-hybridized carbons (Fsp3) is 0.600. The molecule has 0 aromatic heterocycles. The molecule has 2 rings (SSSR count). The average Bonchev–Trinajstić information content (AvgIpc) is 2.55. The molecule has 1 aromatic carbocycles. The van der Waals surface area contributed by atoms with Crippen LogP contribution in [-0.4, -0.2) is 32.1 Å². The molecule has 1 aliphatic rings. The molecule has 0 unspecified atom stereocenters. The van der Waals surface area contributed by atoms with Crippen molar-refractivity contribution in [2.75, 3.05) is 20.5 Å². The first-order valence-corrected chi connectivity index (χ1v) is 8.76. The largest absolute Gasteiger partial charge is 0.359 e. The monoisotopic (exact) mass is 332 g/mol. The van der Waals surface area contributed by atoms with E-state index < -0.39 is 5.92 Å². The number of hydrogen-bond donors (Lipinski definition) is 0. The maximum atomic E-state index is 12.8. The number of hydrogen-bond acceptors (Lipinski definition) is 4. The molecule has 0 N–H and O–H groups in total. The number of carbonyl (C=O) groups excluding carboxylic acids is 2. The molecule has 0 bridgehead atoms. The van der Waals surface area contributed by atoms with Gasteiger partial charge in [-0.05, 0) is 42.4 Å². The maximum absolute atomic E-state index is 12.8. The summed E-state index contributed by atoms with van der Waals surface area (Å²) in [6.45, 7) is 6.82. The van der Waals surface area contributed by atoms with E-state index in [-0.39, 0.29) is 24.3 Å². The third kappa shape index (κ3) is 4.11. The van der Waals surface area contributed by atoms with Crippen molar-refractivity contribution in [2.45, 2.75) is 52.4 Å². The van der Waals surface area contributed by atoms with E-state index in [1.165, 1.54) is 5.56 Å². The zero-order valence-electron chi connectivity index (χ0n) is 15.2. The fourth-order valence-corrected chi connectivity index (χ4v) is 3.70. The van der Waals surface area contributed by atoms with Crippen molar-refractivity contribution in [2.24, 2.45) is 5.92 Å². The molecule has 4 heteroatoms. The van der Waals surface area contributed by atoms with Crippen LogP contribution in [0.1, 0.15) is 54.9 Å². The van der Waals surface area contributed by atoms with Gasteiger partial charge in [0, 0.05) is 20.0 Å². The Morgan fingerprint density at radius 1 is 1.04 bits per heavy atom. The second kappa shape index (κ2) is 8.54. The van der Waals surface area contributed by atoms with Crippen molar-refractivity contribution in [3.05, 3.63) is 34.4 Å². The topological polar surface area (TPSA) is 52.6 Å². The molecule has 1 saturated carbocycles. The summed E-state index contributed by atoms with van der Waals surface area (Å²) < 4.78 is 10.2. The molecule has 0 aliphatic heterocycles. The van der Waals surface area contributed by atoms with Crippen LogP contribution in [0.3, 0.4) is 0 Å². The van der Waals surface area contributed by atoms with Gasteiger partial charge in [0.1, 0.15) is 24.3 Å². The van der Waals surface area contributed by atoms with Crippen molar-refractivity contribution >= 4 is 11.6 Å². The van der Waals surface area contributed by atoms with Gasteiger partial charge in [-0.1, -0.05) is 31.5 Å². The number of ether oxygens (including phenoxy) is 2. The Balaban J connectivity index is 2.27. The van der Waals surface area contributed by atoms with Crippen LogP contribution < -0.4 is 0 Å². The number of benzene rings is 1. The molecule has 1 aliphatic carbocycles. The number of methoxy groups -OCH3 is 1. The van der Waals surface area contributed by atoms with E-state index in [0.717, 1.165) is 29.5 Å². The fourth-order valence-electron chi connectivity index (χ4n) is 3.70. The van der Waals surface area contributed by atoms with Crippen molar-refractivity contribution in [3.63, 3.8) is 0 Å². The highest BCUT2D eigenvalue weighted by molar-refractivity contribution is 6.10. The van der Waals surface area contributed by atoms with Gasteiger partial charge in [0.15, 0.2) is 0 Å². The number of carbonyl (C=O) groups is 2. The van der Waals surface area contributed by atoms with Gasteiger partial charge >= 0.3 is 0 Å². The molecule has 4 nitrogen and oxygen atoms in total. The summed E-state index contributed by atoms with van der Waals surface area (Å²) in [5, 5.41) is 0. The number of Topliss-reactive ketones (excluding diaryl/α,β-unsaturated/α-hetero) is 2. The lowest BCUT2D eigenvalue weighted by atomic mass is 9.73. The third-order valence-corrected chi connectivity index (χ3v) is 4.72. The van der Waals surface area contributed by atoms with Gasteiger partial charge in [0.25, 0.3) is 0 Å². The normalized spacial score (nSPS) is 21.3. The van der Waals surface area contributed by atoms with E-state index in [1.54, 1.807) is 7.11 Å². The lowest BCUT2D eigenvalue weighted by Crippen LogP contribution is -2.34. The molecule has 132 valence electrons. The summed E-state index contributed by atoms with van der Waals surface area (Å²) in [5.41, 5.74) is 4.42. The Kier molecular flexibility index (Phi) is 6.69.